The van der Waals surface area contributed by atoms with Gasteiger partial charge in [-0.3, -0.25) is 9.59 Å². The first-order chi connectivity index (χ1) is 14.8. The van der Waals surface area contributed by atoms with Gasteiger partial charge in [-0.05, 0) is 55.2 Å². The van der Waals surface area contributed by atoms with Gasteiger partial charge in [0.05, 0.1) is 6.61 Å². The van der Waals surface area contributed by atoms with Gasteiger partial charge in [-0.1, -0.05) is 30.7 Å². The van der Waals surface area contributed by atoms with Gasteiger partial charge in [0.25, 0.3) is 0 Å². The van der Waals surface area contributed by atoms with Crippen LogP contribution in [-0.2, 0) is 14.3 Å². The molecule has 1 atom stereocenters. The monoisotopic (exact) mass is 422 g/mol. The van der Waals surface area contributed by atoms with E-state index < -0.39 is 11.4 Å². The van der Waals surface area contributed by atoms with Crippen molar-refractivity contribution in [2.45, 2.75) is 38.5 Å². The Bertz CT molecular complexity index is 852. The minimum absolute atomic E-state index is 0.00410. The highest BCUT2D eigenvalue weighted by Crippen LogP contribution is 2.50. The first kappa shape index (κ1) is 22.9. The zero-order valence-electron chi connectivity index (χ0n) is 19.4. The minimum Gasteiger partial charge on any atom is -0.465 e. The van der Waals surface area contributed by atoms with E-state index in [9.17, 15) is 9.59 Å². The van der Waals surface area contributed by atoms with Crippen molar-refractivity contribution in [1.82, 2.24) is 0 Å². The van der Waals surface area contributed by atoms with Crippen LogP contribution in [0.5, 0.6) is 0 Å². The maximum atomic E-state index is 13.5. The van der Waals surface area contributed by atoms with E-state index in [-0.39, 0.29) is 18.3 Å². The summed E-state index contributed by atoms with van der Waals surface area (Å²) in [6.07, 6.45) is 2.60. The van der Waals surface area contributed by atoms with Gasteiger partial charge in [0.15, 0.2) is 5.78 Å². The molecule has 5 heteroatoms. The Hall–Kier alpha value is -2.82. The average Bonchev–Trinajstić information content (AvgIpc) is 2.76. The average molecular weight is 423 g/mol. The summed E-state index contributed by atoms with van der Waals surface area (Å²) in [5.41, 5.74) is 2.89. The van der Waals surface area contributed by atoms with Crippen molar-refractivity contribution in [3.63, 3.8) is 0 Å². The molecular weight excluding hydrogens is 388 g/mol. The number of rotatable bonds is 7. The van der Waals surface area contributed by atoms with E-state index in [1.165, 1.54) is 0 Å². The summed E-state index contributed by atoms with van der Waals surface area (Å²) < 4.78 is 5.53. The molecule has 1 aliphatic carbocycles. The van der Waals surface area contributed by atoms with Gasteiger partial charge in [-0.15, -0.1) is 0 Å². The zero-order valence-corrected chi connectivity index (χ0v) is 19.4. The van der Waals surface area contributed by atoms with Crippen LogP contribution in [0.25, 0.3) is 0 Å². The van der Waals surface area contributed by atoms with E-state index in [1.807, 2.05) is 86.5 Å². The van der Waals surface area contributed by atoms with E-state index in [2.05, 4.69) is 0 Å². The van der Waals surface area contributed by atoms with Gasteiger partial charge in [-0.25, -0.2) is 0 Å². The lowest BCUT2D eigenvalue weighted by Gasteiger charge is -2.40. The molecule has 0 spiro atoms. The molecule has 31 heavy (non-hydrogen) atoms. The number of benzene rings is 2. The van der Waals surface area contributed by atoms with Gasteiger partial charge in [-0.2, -0.15) is 0 Å². The van der Waals surface area contributed by atoms with Crippen LogP contribution in [0.15, 0.2) is 48.5 Å². The lowest BCUT2D eigenvalue weighted by molar-refractivity contribution is -0.163. The summed E-state index contributed by atoms with van der Waals surface area (Å²) in [5, 5.41) is 0. The maximum Gasteiger partial charge on any atom is 0.320 e. The second-order valence-electron chi connectivity index (χ2n) is 8.73. The second kappa shape index (κ2) is 9.54. The van der Waals surface area contributed by atoms with Crippen LogP contribution in [0, 0.1) is 5.41 Å². The number of carbonyl (C=O) groups is 2. The van der Waals surface area contributed by atoms with Crippen molar-refractivity contribution >= 4 is 23.1 Å². The van der Waals surface area contributed by atoms with Crippen LogP contribution in [-0.4, -0.2) is 46.6 Å². The molecule has 166 valence electrons. The second-order valence-corrected chi connectivity index (χ2v) is 8.73. The van der Waals surface area contributed by atoms with Gasteiger partial charge < -0.3 is 14.5 Å². The number of carbonyl (C=O) groups excluding carboxylic acids is 2. The summed E-state index contributed by atoms with van der Waals surface area (Å²) in [6, 6.07) is 16.4. The van der Waals surface area contributed by atoms with Crippen LogP contribution >= 0.6 is 0 Å². The Kier molecular flexibility index (Phi) is 7.04. The van der Waals surface area contributed by atoms with Crippen molar-refractivity contribution < 1.29 is 14.3 Å². The molecule has 3 rings (SSSR count). The molecule has 1 saturated carbocycles. The third-order valence-corrected chi connectivity index (χ3v) is 6.34. The minimum atomic E-state index is -1.19. The van der Waals surface area contributed by atoms with Crippen LogP contribution < -0.4 is 9.80 Å². The number of esters is 1. The quantitative estimate of drug-likeness (QED) is 0.480. The largest absolute Gasteiger partial charge is 0.465 e. The van der Waals surface area contributed by atoms with Crippen LogP contribution in [0.3, 0.4) is 0 Å². The fourth-order valence-electron chi connectivity index (χ4n) is 4.64. The molecule has 0 amide bonds. The Balaban J connectivity index is 2.19. The summed E-state index contributed by atoms with van der Waals surface area (Å²) in [5.74, 6) is -0.777. The standard InChI is InChI=1S/C26H34N2O3/c1-6-31-25(30)26(18-8-7-9-23(26)29)24(19-10-14-21(15-11-19)27(2)3)20-12-16-22(17-13-20)28(4)5/h10-17,24H,6-9,18H2,1-5H3. The van der Waals surface area contributed by atoms with E-state index in [4.69, 9.17) is 4.74 Å². The molecule has 0 heterocycles. The number of anilines is 2. The Morgan fingerprint density at radius 2 is 1.39 bits per heavy atom. The van der Waals surface area contributed by atoms with Crippen molar-refractivity contribution in [3.8, 4) is 0 Å². The molecule has 5 nitrogen and oxygen atoms in total. The predicted molar refractivity (Wildman–Crippen MR) is 126 cm³/mol. The molecule has 0 saturated heterocycles. The molecule has 0 aliphatic heterocycles. The lowest BCUT2D eigenvalue weighted by Crippen LogP contribution is -2.48. The van der Waals surface area contributed by atoms with Crippen molar-refractivity contribution in [3.05, 3.63) is 59.7 Å². The van der Waals surface area contributed by atoms with Crippen molar-refractivity contribution in [1.29, 1.82) is 0 Å². The normalized spacial score (nSPS) is 18.7. The first-order valence-corrected chi connectivity index (χ1v) is 11.1. The molecule has 1 aliphatic rings. The fraction of sp³-hybridized carbons (Fsp3) is 0.462. The van der Waals surface area contributed by atoms with Crippen molar-refractivity contribution in [2.75, 3.05) is 44.6 Å². The number of nitrogens with zero attached hydrogens (tertiary/aromatic N) is 2. The molecule has 1 unspecified atom stereocenters. The highest BCUT2D eigenvalue weighted by Gasteiger charge is 2.54. The Labute approximate surface area is 186 Å². The van der Waals surface area contributed by atoms with Gasteiger partial charge in [0.2, 0.25) is 0 Å². The van der Waals surface area contributed by atoms with Gasteiger partial charge >= 0.3 is 5.97 Å². The molecule has 1 fully saturated rings. The predicted octanol–water partition coefficient (Wildman–Crippen LogP) is 4.64. The maximum absolute atomic E-state index is 13.5. The number of ether oxygens (including phenoxy) is 1. The molecule has 2 aromatic rings. The van der Waals surface area contributed by atoms with E-state index in [0.717, 1.165) is 35.3 Å². The highest BCUT2D eigenvalue weighted by molar-refractivity contribution is 6.06. The SMILES string of the molecule is CCOC(=O)C1(C(c2ccc(N(C)C)cc2)c2ccc(N(C)C)cc2)CCCCC1=O. The summed E-state index contributed by atoms with van der Waals surface area (Å²) >= 11 is 0. The number of hydrogen-bond acceptors (Lipinski definition) is 5. The summed E-state index contributed by atoms with van der Waals surface area (Å²) in [4.78, 5) is 30.9. The highest BCUT2D eigenvalue weighted by atomic mass is 16.5. The third-order valence-electron chi connectivity index (χ3n) is 6.34. The number of ketones is 1. The Morgan fingerprint density at radius 1 is 0.903 bits per heavy atom. The van der Waals surface area contributed by atoms with E-state index >= 15 is 0 Å². The summed E-state index contributed by atoms with van der Waals surface area (Å²) in [6.45, 7) is 2.06. The van der Waals surface area contributed by atoms with Crippen LogP contribution in [0.4, 0.5) is 11.4 Å². The van der Waals surface area contributed by atoms with Gasteiger partial charge in [0, 0.05) is 51.9 Å². The molecule has 0 radical (unpaired) electrons. The Morgan fingerprint density at radius 3 is 1.77 bits per heavy atom. The number of Topliss-reactive ketones (excluding diaryl/α,β-unsaturated/α-hetero) is 1. The van der Waals surface area contributed by atoms with Crippen molar-refractivity contribution in [2.24, 2.45) is 5.41 Å². The van der Waals surface area contributed by atoms with E-state index in [0.29, 0.717) is 12.8 Å². The molecule has 2 aromatic carbocycles. The van der Waals surface area contributed by atoms with Gasteiger partial charge in [0.1, 0.15) is 5.41 Å². The molecule has 0 N–H and O–H groups in total. The van der Waals surface area contributed by atoms with E-state index in [1.54, 1.807) is 6.92 Å². The molecule has 0 bridgehead atoms. The third kappa shape index (κ3) is 4.46. The summed E-state index contributed by atoms with van der Waals surface area (Å²) in [7, 11) is 7.99. The number of hydrogen-bond donors (Lipinski definition) is 0. The molecule has 0 aromatic heterocycles. The van der Waals surface area contributed by atoms with Crippen LogP contribution in [0.1, 0.15) is 49.7 Å². The molecular formula is C26H34N2O3. The first-order valence-electron chi connectivity index (χ1n) is 11.1. The lowest BCUT2D eigenvalue weighted by atomic mass is 9.61. The smallest absolute Gasteiger partial charge is 0.320 e. The fourth-order valence-corrected chi connectivity index (χ4v) is 4.64. The topological polar surface area (TPSA) is 49.9 Å². The zero-order chi connectivity index (χ0) is 22.6. The van der Waals surface area contributed by atoms with Crippen LogP contribution in [0.2, 0.25) is 0 Å².